The summed E-state index contributed by atoms with van der Waals surface area (Å²) in [5.41, 5.74) is 2.79. The van der Waals surface area contributed by atoms with Gasteiger partial charge < -0.3 is 4.74 Å². The number of hydrogen-bond acceptors (Lipinski definition) is 3. The summed E-state index contributed by atoms with van der Waals surface area (Å²) >= 11 is 6.16. The molecule has 0 N–H and O–H groups in total. The quantitative estimate of drug-likeness (QED) is 0.787. The van der Waals surface area contributed by atoms with Gasteiger partial charge in [0.25, 0.3) is 0 Å². The lowest BCUT2D eigenvalue weighted by Crippen LogP contribution is -1.98. The van der Waals surface area contributed by atoms with E-state index in [1.54, 1.807) is 7.11 Å². The molecule has 1 aromatic heterocycles. The Labute approximate surface area is 112 Å². The molecular weight excluding hydrogens is 248 g/mol. The number of hydrogen-bond donors (Lipinski definition) is 0. The van der Waals surface area contributed by atoms with Crippen LogP contribution in [-0.4, -0.2) is 17.1 Å². The van der Waals surface area contributed by atoms with Crippen LogP contribution in [0.5, 0.6) is 5.75 Å². The largest absolute Gasteiger partial charge is 0.496 e. The van der Waals surface area contributed by atoms with Crippen molar-refractivity contribution in [1.82, 2.24) is 9.97 Å². The first-order valence-corrected chi connectivity index (χ1v) is 6.28. The maximum Gasteiger partial charge on any atom is 0.136 e. The highest BCUT2D eigenvalue weighted by molar-refractivity contribution is 6.30. The molecule has 0 unspecified atom stereocenters. The smallest absolute Gasteiger partial charge is 0.136 e. The van der Waals surface area contributed by atoms with Gasteiger partial charge in [0.15, 0.2) is 0 Å². The zero-order valence-corrected chi connectivity index (χ0v) is 11.2. The minimum atomic E-state index is 0.521. The molecule has 0 bridgehead atoms. The van der Waals surface area contributed by atoms with E-state index in [1.807, 2.05) is 24.3 Å². The Morgan fingerprint density at radius 2 is 2.00 bits per heavy atom. The molecule has 0 spiro atoms. The zero-order chi connectivity index (χ0) is 13.0. The first-order chi connectivity index (χ1) is 8.77. The molecule has 94 valence electrons. The summed E-state index contributed by atoms with van der Waals surface area (Å²) in [7, 11) is 1.65. The van der Waals surface area contributed by atoms with Crippen LogP contribution < -0.4 is 4.74 Å². The lowest BCUT2D eigenvalue weighted by molar-refractivity contribution is 0.416. The first-order valence-electron chi connectivity index (χ1n) is 5.90. The fourth-order valence-electron chi connectivity index (χ4n) is 1.93. The number of para-hydroxylation sites is 1. The number of aromatic nitrogens is 2. The molecule has 0 atom stereocenters. The summed E-state index contributed by atoms with van der Waals surface area (Å²) in [5, 5.41) is 0.521. The number of nitrogens with zero attached hydrogens (tertiary/aromatic N) is 2. The van der Waals surface area contributed by atoms with Crippen LogP contribution in [0.2, 0.25) is 5.15 Å². The third-order valence-corrected chi connectivity index (χ3v) is 3.08. The van der Waals surface area contributed by atoms with Crippen LogP contribution in [0, 0.1) is 0 Å². The normalized spacial score (nSPS) is 10.4. The molecule has 0 aliphatic carbocycles. The summed E-state index contributed by atoms with van der Waals surface area (Å²) < 4.78 is 5.37. The summed E-state index contributed by atoms with van der Waals surface area (Å²) in [6, 6.07) is 7.80. The van der Waals surface area contributed by atoms with Crippen LogP contribution in [-0.2, 0) is 6.42 Å². The van der Waals surface area contributed by atoms with E-state index in [9.17, 15) is 0 Å². The highest BCUT2D eigenvalue weighted by Crippen LogP contribution is 2.33. The number of benzene rings is 1. The van der Waals surface area contributed by atoms with Crippen molar-refractivity contribution in [2.45, 2.75) is 19.8 Å². The number of halogens is 1. The van der Waals surface area contributed by atoms with Crippen molar-refractivity contribution in [2.75, 3.05) is 7.11 Å². The highest BCUT2D eigenvalue weighted by Gasteiger charge is 2.14. The van der Waals surface area contributed by atoms with Gasteiger partial charge >= 0.3 is 0 Å². The number of methoxy groups -OCH3 is 1. The van der Waals surface area contributed by atoms with Gasteiger partial charge in [0, 0.05) is 11.1 Å². The Morgan fingerprint density at radius 3 is 2.72 bits per heavy atom. The topological polar surface area (TPSA) is 35.0 Å². The van der Waals surface area contributed by atoms with Crippen molar-refractivity contribution < 1.29 is 4.74 Å². The van der Waals surface area contributed by atoms with Gasteiger partial charge in [-0.15, -0.1) is 0 Å². The third kappa shape index (κ3) is 2.46. The summed E-state index contributed by atoms with van der Waals surface area (Å²) in [6.45, 7) is 2.11. The van der Waals surface area contributed by atoms with Gasteiger partial charge in [0.2, 0.25) is 0 Å². The maximum absolute atomic E-state index is 6.16. The standard InChI is InChI=1S/C14H15ClN2O/c1-3-6-11-13(16-9-17-14(11)15)10-7-4-5-8-12(10)18-2/h4-5,7-9H,3,6H2,1-2H3. The van der Waals surface area contributed by atoms with Gasteiger partial charge in [-0.25, -0.2) is 9.97 Å². The van der Waals surface area contributed by atoms with Crippen LogP contribution in [0.1, 0.15) is 18.9 Å². The minimum absolute atomic E-state index is 0.521. The van der Waals surface area contributed by atoms with Gasteiger partial charge in [0.1, 0.15) is 17.2 Å². The number of rotatable bonds is 4. The van der Waals surface area contributed by atoms with Crippen LogP contribution in [0.25, 0.3) is 11.3 Å². The Kier molecular flexibility index (Phi) is 4.15. The molecule has 1 aromatic carbocycles. The predicted octanol–water partition coefficient (Wildman–Crippen LogP) is 3.76. The van der Waals surface area contributed by atoms with Crippen LogP contribution >= 0.6 is 11.6 Å². The molecule has 2 rings (SSSR count). The monoisotopic (exact) mass is 262 g/mol. The second-order valence-electron chi connectivity index (χ2n) is 3.94. The predicted molar refractivity (Wildman–Crippen MR) is 73.0 cm³/mol. The molecule has 1 heterocycles. The van der Waals surface area contributed by atoms with Crippen molar-refractivity contribution >= 4 is 11.6 Å². The van der Waals surface area contributed by atoms with Gasteiger partial charge in [-0.3, -0.25) is 0 Å². The second kappa shape index (κ2) is 5.83. The van der Waals surface area contributed by atoms with Crippen molar-refractivity contribution in [3.8, 4) is 17.0 Å². The molecule has 0 aliphatic heterocycles. The van der Waals surface area contributed by atoms with Gasteiger partial charge in [-0.05, 0) is 18.6 Å². The first kappa shape index (κ1) is 12.8. The molecular formula is C14H15ClN2O. The summed E-state index contributed by atoms with van der Waals surface area (Å²) in [6.07, 6.45) is 3.34. The van der Waals surface area contributed by atoms with Gasteiger partial charge in [0.05, 0.1) is 12.8 Å². The SMILES string of the molecule is CCCc1c(Cl)ncnc1-c1ccccc1OC. The van der Waals surface area contributed by atoms with Crippen molar-refractivity contribution in [2.24, 2.45) is 0 Å². The lowest BCUT2D eigenvalue weighted by atomic mass is 10.0. The Hall–Kier alpha value is -1.61. The van der Waals surface area contributed by atoms with Gasteiger partial charge in [-0.1, -0.05) is 37.1 Å². The number of ether oxygens (including phenoxy) is 1. The molecule has 18 heavy (non-hydrogen) atoms. The lowest BCUT2D eigenvalue weighted by Gasteiger charge is -2.12. The zero-order valence-electron chi connectivity index (χ0n) is 10.5. The molecule has 0 saturated carbocycles. The highest BCUT2D eigenvalue weighted by atomic mass is 35.5. The van der Waals surface area contributed by atoms with Crippen molar-refractivity contribution in [3.63, 3.8) is 0 Å². The van der Waals surface area contributed by atoms with Gasteiger partial charge in [-0.2, -0.15) is 0 Å². The Bertz CT molecular complexity index is 543. The molecule has 0 radical (unpaired) electrons. The van der Waals surface area contributed by atoms with E-state index in [0.717, 1.165) is 35.4 Å². The fraction of sp³-hybridized carbons (Fsp3) is 0.286. The summed E-state index contributed by atoms with van der Waals surface area (Å²) in [4.78, 5) is 8.41. The van der Waals surface area contributed by atoms with E-state index in [1.165, 1.54) is 6.33 Å². The Morgan fingerprint density at radius 1 is 1.22 bits per heavy atom. The maximum atomic E-state index is 6.16. The average Bonchev–Trinajstić information content (AvgIpc) is 2.41. The van der Waals surface area contributed by atoms with Crippen molar-refractivity contribution in [3.05, 3.63) is 41.3 Å². The average molecular weight is 263 g/mol. The van der Waals surface area contributed by atoms with E-state index in [0.29, 0.717) is 5.15 Å². The van der Waals surface area contributed by atoms with Crippen LogP contribution in [0.4, 0.5) is 0 Å². The molecule has 0 amide bonds. The van der Waals surface area contributed by atoms with E-state index in [2.05, 4.69) is 16.9 Å². The van der Waals surface area contributed by atoms with Crippen LogP contribution in [0.15, 0.2) is 30.6 Å². The molecule has 0 fully saturated rings. The van der Waals surface area contributed by atoms with Crippen LogP contribution in [0.3, 0.4) is 0 Å². The molecule has 2 aromatic rings. The molecule has 4 heteroatoms. The van der Waals surface area contributed by atoms with E-state index >= 15 is 0 Å². The fourth-order valence-corrected chi connectivity index (χ4v) is 2.16. The third-order valence-electron chi connectivity index (χ3n) is 2.75. The second-order valence-corrected chi connectivity index (χ2v) is 4.30. The molecule has 3 nitrogen and oxygen atoms in total. The van der Waals surface area contributed by atoms with E-state index < -0.39 is 0 Å². The Balaban J connectivity index is 2.59. The minimum Gasteiger partial charge on any atom is -0.496 e. The molecule has 0 aliphatic rings. The summed E-state index contributed by atoms with van der Waals surface area (Å²) in [5.74, 6) is 0.796. The van der Waals surface area contributed by atoms with E-state index in [4.69, 9.17) is 16.3 Å². The van der Waals surface area contributed by atoms with E-state index in [-0.39, 0.29) is 0 Å². The molecule has 0 saturated heterocycles. The van der Waals surface area contributed by atoms with Crippen molar-refractivity contribution in [1.29, 1.82) is 0 Å².